The van der Waals surface area contributed by atoms with Crippen LogP contribution in [0.25, 0.3) is 0 Å². The fraction of sp³-hybridized carbons (Fsp3) is 0.214. The van der Waals surface area contributed by atoms with Gasteiger partial charge >= 0.3 is 24.2 Å². The minimum atomic E-state index is -2.38. The number of carbonyl (C=O) groups is 4. The van der Waals surface area contributed by atoms with Crippen LogP contribution in [0.15, 0.2) is 91.0 Å². The average molecular weight is 572 g/mol. The largest absolute Gasteiger partial charge is 0.514 e. The van der Waals surface area contributed by atoms with E-state index in [0.717, 1.165) is 6.54 Å². The maximum atomic E-state index is 11.8. The van der Waals surface area contributed by atoms with Gasteiger partial charge in [-0.15, -0.1) is 0 Å². The number of ether oxygens (including phenoxy) is 4. The number of hydrogen-bond donors (Lipinski definition) is 5. The number of benzene rings is 3. The van der Waals surface area contributed by atoms with E-state index in [-0.39, 0.29) is 18.1 Å². The fourth-order valence-electron chi connectivity index (χ4n) is 2.95. The quantitative estimate of drug-likeness (QED) is 0.157. The molecule has 41 heavy (non-hydrogen) atoms. The number of aliphatic hydroxyl groups excluding tert-OH is 2. The van der Waals surface area contributed by atoms with E-state index in [0.29, 0.717) is 6.54 Å². The topological polar surface area (TPSA) is 198 Å². The molecule has 0 bridgehead atoms. The Morgan fingerprint density at radius 2 is 1.05 bits per heavy atom. The number of nitrogens with one attached hydrogen (secondary N) is 1. The van der Waals surface area contributed by atoms with Gasteiger partial charge in [-0.2, -0.15) is 0 Å². The maximum absolute atomic E-state index is 11.8. The predicted octanol–water partition coefficient (Wildman–Crippen LogP) is 2.45. The lowest BCUT2D eigenvalue weighted by Gasteiger charge is -2.20. The first-order valence-electron chi connectivity index (χ1n) is 12.1. The monoisotopic (exact) mass is 571 g/mol. The van der Waals surface area contributed by atoms with Gasteiger partial charge in [-0.05, 0) is 29.8 Å². The zero-order valence-electron chi connectivity index (χ0n) is 21.6. The Morgan fingerprint density at radius 3 is 1.41 bits per heavy atom. The highest BCUT2D eigenvalue weighted by atomic mass is 16.8. The smallest absolute Gasteiger partial charge is 0.478 e. The molecule has 0 aliphatic rings. The van der Waals surface area contributed by atoms with Gasteiger partial charge in [0.15, 0.2) is 0 Å². The highest BCUT2D eigenvalue weighted by Gasteiger charge is 2.41. The third-order valence-electron chi connectivity index (χ3n) is 4.86. The van der Waals surface area contributed by atoms with E-state index in [2.05, 4.69) is 14.8 Å². The Morgan fingerprint density at radius 1 is 0.659 bits per heavy atom. The molecule has 0 heterocycles. The zero-order chi connectivity index (χ0) is 30.0. The van der Waals surface area contributed by atoms with Gasteiger partial charge in [-0.3, -0.25) is 0 Å². The Balaban J connectivity index is 0.000000377. The van der Waals surface area contributed by atoms with Gasteiger partial charge < -0.3 is 44.7 Å². The van der Waals surface area contributed by atoms with E-state index in [1.807, 2.05) is 30.3 Å². The molecule has 0 aliphatic carbocycles. The van der Waals surface area contributed by atoms with Crippen LogP contribution in [0.2, 0.25) is 0 Å². The van der Waals surface area contributed by atoms with Crippen molar-refractivity contribution in [1.29, 1.82) is 0 Å². The summed E-state index contributed by atoms with van der Waals surface area (Å²) in [5.41, 5.74) is 1.17. The standard InChI is InChI=1S/C18H14O10.C10H15NO2/c19-15(20)13(27-17(23)25-11-7-3-1-4-8-11)14(16(21)22)28-18(24)26-12-9-5-2-6-10-12;12-8-10(13)7-11-6-9-4-2-1-3-5-9/h1-10,13-14H,(H,19,20)(H,21,22);1-5,10-13H,6-8H2. The number of aliphatic hydroxyl groups is 2. The minimum absolute atomic E-state index is 0.0351. The van der Waals surface area contributed by atoms with Gasteiger partial charge in [0.25, 0.3) is 0 Å². The molecular formula is C28H29NO12. The van der Waals surface area contributed by atoms with E-state index >= 15 is 0 Å². The summed E-state index contributed by atoms with van der Waals surface area (Å²) in [6.45, 7) is 0.949. The molecule has 0 amide bonds. The van der Waals surface area contributed by atoms with Crippen molar-refractivity contribution in [3.8, 4) is 11.5 Å². The minimum Gasteiger partial charge on any atom is -0.478 e. The van der Waals surface area contributed by atoms with Crippen molar-refractivity contribution in [1.82, 2.24) is 5.32 Å². The van der Waals surface area contributed by atoms with Crippen molar-refractivity contribution in [2.45, 2.75) is 24.9 Å². The van der Waals surface area contributed by atoms with Crippen molar-refractivity contribution in [3.63, 3.8) is 0 Å². The van der Waals surface area contributed by atoms with Crippen LogP contribution in [0.4, 0.5) is 9.59 Å². The summed E-state index contributed by atoms with van der Waals surface area (Å²) in [4.78, 5) is 46.2. The molecule has 3 atom stereocenters. The Hall–Kier alpha value is -4.98. The number of hydrogen-bond acceptors (Lipinski definition) is 11. The van der Waals surface area contributed by atoms with Crippen LogP contribution in [-0.2, 0) is 25.6 Å². The first-order valence-corrected chi connectivity index (χ1v) is 12.1. The molecule has 0 saturated carbocycles. The number of para-hydroxylation sites is 2. The van der Waals surface area contributed by atoms with Crippen molar-refractivity contribution >= 4 is 24.2 Å². The molecule has 0 saturated heterocycles. The summed E-state index contributed by atoms with van der Waals surface area (Å²) in [5, 5.41) is 39.0. The Kier molecular flexibility index (Phi) is 13.8. The van der Waals surface area contributed by atoms with Crippen molar-refractivity contribution in [2.24, 2.45) is 0 Å². The lowest BCUT2D eigenvalue weighted by Crippen LogP contribution is -2.46. The third-order valence-corrected chi connectivity index (χ3v) is 4.86. The highest BCUT2D eigenvalue weighted by Crippen LogP contribution is 2.15. The van der Waals surface area contributed by atoms with Gasteiger partial charge in [0, 0.05) is 13.1 Å². The van der Waals surface area contributed by atoms with Gasteiger partial charge in [0.1, 0.15) is 11.5 Å². The van der Waals surface area contributed by atoms with Crippen LogP contribution in [-0.4, -0.2) is 76.1 Å². The van der Waals surface area contributed by atoms with Crippen LogP contribution < -0.4 is 14.8 Å². The molecule has 0 fully saturated rings. The molecule has 0 spiro atoms. The molecule has 3 rings (SSSR count). The molecule has 0 aromatic heterocycles. The van der Waals surface area contributed by atoms with Gasteiger partial charge in [0.2, 0.25) is 12.2 Å². The summed E-state index contributed by atoms with van der Waals surface area (Å²) in [5.74, 6) is -3.67. The summed E-state index contributed by atoms with van der Waals surface area (Å²) >= 11 is 0. The van der Waals surface area contributed by atoms with Crippen molar-refractivity contribution < 1.29 is 58.6 Å². The normalized spacial score (nSPS) is 12.3. The van der Waals surface area contributed by atoms with Gasteiger partial charge in [0.05, 0.1) is 12.7 Å². The number of carbonyl (C=O) groups excluding carboxylic acids is 2. The van der Waals surface area contributed by atoms with Crippen molar-refractivity contribution in [3.05, 3.63) is 96.6 Å². The molecular weight excluding hydrogens is 542 g/mol. The molecule has 5 N–H and O–H groups in total. The summed E-state index contributed by atoms with van der Waals surface area (Å²) < 4.78 is 18.5. The Labute approximate surface area is 234 Å². The zero-order valence-corrected chi connectivity index (χ0v) is 21.6. The first kappa shape index (κ1) is 32.2. The maximum Gasteiger partial charge on any atom is 0.514 e. The van der Waals surface area contributed by atoms with Crippen LogP contribution >= 0.6 is 0 Å². The van der Waals surface area contributed by atoms with E-state index in [4.69, 9.17) is 19.7 Å². The van der Waals surface area contributed by atoms with Crippen LogP contribution in [0.5, 0.6) is 11.5 Å². The fourth-order valence-corrected chi connectivity index (χ4v) is 2.95. The predicted molar refractivity (Wildman–Crippen MR) is 141 cm³/mol. The highest BCUT2D eigenvalue weighted by molar-refractivity contribution is 5.86. The summed E-state index contributed by atoms with van der Waals surface area (Å²) in [6.07, 6.45) is -8.41. The van der Waals surface area contributed by atoms with E-state index < -0.39 is 42.6 Å². The molecule has 3 unspecified atom stereocenters. The molecule has 3 aromatic carbocycles. The second kappa shape index (κ2) is 17.6. The molecule has 3 aromatic rings. The number of carboxylic acid groups (broad SMARTS) is 2. The van der Waals surface area contributed by atoms with Crippen LogP contribution in [0.3, 0.4) is 0 Å². The number of aliphatic carboxylic acids is 2. The van der Waals surface area contributed by atoms with E-state index in [1.165, 1.54) is 29.8 Å². The van der Waals surface area contributed by atoms with E-state index in [9.17, 15) is 29.4 Å². The molecule has 0 aliphatic heterocycles. The van der Waals surface area contributed by atoms with Crippen LogP contribution in [0, 0.1) is 0 Å². The molecule has 0 radical (unpaired) electrons. The molecule has 13 nitrogen and oxygen atoms in total. The second-order valence-corrected chi connectivity index (χ2v) is 8.04. The first-order chi connectivity index (χ1) is 19.7. The molecule has 13 heteroatoms. The third kappa shape index (κ3) is 12.6. The van der Waals surface area contributed by atoms with E-state index in [1.54, 1.807) is 36.4 Å². The van der Waals surface area contributed by atoms with Gasteiger partial charge in [-0.25, -0.2) is 19.2 Å². The average Bonchev–Trinajstić information content (AvgIpc) is 2.96. The second-order valence-electron chi connectivity index (χ2n) is 8.04. The number of carboxylic acids is 2. The molecule has 218 valence electrons. The van der Waals surface area contributed by atoms with Crippen LogP contribution in [0.1, 0.15) is 5.56 Å². The van der Waals surface area contributed by atoms with Crippen molar-refractivity contribution in [2.75, 3.05) is 13.2 Å². The summed E-state index contributed by atoms with van der Waals surface area (Å²) in [6, 6.07) is 24.9. The Bertz CT molecular complexity index is 1150. The van der Waals surface area contributed by atoms with Gasteiger partial charge in [-0.1, -0.05) is 66.7 Å². The lowest BCUT2D eigenvalue weighted by molar-refractivity contribution is -0.168. The summed E-state index contributed by atoms with van der Waals surface area (Å²) in [7, 11) is 0. The lowest BCUT2D eigenvalue weighted by atomic mass is 10.2. The number of rotatable bonds is 12. The SMILES string of the molecule is O=C(Oc1ccccc1)OC(C(=O)O)C(OC(=O)Oc1ccccc1)C(=O)O.OCC(O)CNCc1ccccc1.